The van der Waals surface area contributed by atoms with E-state index in [0.29, 0.717) is 5.56 Å². The van der Waals surface area contributed by atoms with E-state index in [1.165, 1.54) is 12.1 Å². The third-order valence-corrected chi connectivity index (χ3v) is 6.35. The van der Waals surface area contributed by atoms with E-state index in [2.05, 4.69) is 15.4 Å². The predicted molar refractivity (Wildman–Crippen MR) is 111 cm³/mol. The van der Waals surface area contributed by atoms with E-state index in [1.807, 2.05) is 0 Å². The molecule has 0 bridgehead atoms. The standard InChI is InChI=1S/C21H22F3N3O4S/c1-13-2-9-17(32(30,31)27-16-7-8-16)12-18(13)20(29)26-11-10-25-19(28)14-3-5-15(6-4-14)21(22,23)24/h2-6,9,12,16,27H,7-8,10-11H2,1H3,(H,25,28)(H,26,29). The van der Waals surface area contributed by atoms with E-state index in [-0.39, 0.29) is 35.2 Å². The maximum atomic E-state index is 12.6. The Morgan fingerprint density at radius 3 is 2.12 bits per heavy atom. The van der Waals surface area contributed by atoms with E-state index in [0.717, 1.165) is 37.1 Å². The van der Waals surface area contributed by atoms with Gasteiger partial charge in [-0.05, 0) is 61.7 Å². The van der Waals surface area contributed by atoms with Crippen LogP contribution in [0.1, 0.15) is 44.7 Å². The fourth-order valence-electron chi connectivity index (χ4n) is 2.86. The first-order chi connectivity index (χ1) is 15.0. The lowest BCUT2D eigenvalue weighted by molar-refractivity contribution is -0.137. The van der Waals surface area contributed by atoms with Gasteiger partial charge in [-0.2, -0.15) is 13.2 Å². The zero-order valence-electron chi connectivity index (χ0n) is 17.1. The predicted octanol–water partition coefficient (Wildman–Crippen LogP) is 2.61. The van der Waals surface area contributed by atoms with Gasteiger partial charge in [0.2, 0.25) is 10.0 Å². The van der Waals surface area contributed by atoms with Crippen LogP contribution in [0, 0.1) is 6.92 Å². The highest BCUT2D eigenvalue weighted by Gasteiger charge is 2.30. The third-order valence-electron chi connectivity index (χ3n) is 4.83. The number of aryl methyl sites for hydroxylation is 1. The lowest BCUT2D eigenvalue weighted by Gasteiger charge is -2.12. The highest BCUT2D eigenvalue weighted by molar-refractivity contribution is 7.89. The van der Waals surface area contributed by atoms with Crippen molar-refractivity contribution >= 4 is 21.8 Å². The lowest BCUT2D eigenvalue weighted by atomic mass is 10.1. The van der Waals surface area contributed by atoms with Crippen LogP contribution < -0.4 is 15.4 Å². The lowest BCUT2D eigenvalue weighted by Crippen LogP contribution is -2.35. The number of alkyl halides is 3. The molecule has 1 saturated carbocycles. The number of benzene rings is 2. The molecule has 3 rings (SSSR count). The van der Waals surface area contributed by atoms with Crippen LogP contribution in [0.3, 0.4) is 0 Å². The first kappa shape index (κ1) is 23.7. The van der Waals surface area contributed by atoms with E-state index in [1.54, 1.807) is 13.0 Å². The van der Waals surface area contributed by atoms with Gasteiger partial charge in [0.05, 0.1) is 10.5 Å². The van der Waals surface area contributed by atoms with Crippen molar-refractivity contribution < 1.29 is 31.2 Å². The summed E-state index contributed by atoms with van der Waals surface area (Å²) in [6, 6.07) is 7.99. The summed E-state index contributed by atoms with van der Waals surface area (Å²) in [5, 5.41) is 5.09. The third kappa shape index (κ3) is 6.07. The number of rotatable bonds is 8. The van der Waals surface area contributed by atoms with Gasteiger partial charge < -0.3 is 10.6 Å². The Labute approximate surface area is 183 Å². The number of nitrogens with one attached hydrogen (secondary N) is 3. The second-order valence-corrected chi connectivity index (χ2v) is 9.17. The minimum Gasteiger partial charge on any atom is -0.350 e. The second kappa shape index (κ2) is 9.29. The number of hydrogen-bond donors (Lipinski definition) is 3. The average Bonchev–Trinajstić information content (AvgIpc) is 3.53. The normalized spacial score (nSPS) is 14.1. The molecule has 172 valence electrons. The van der Waals surface area contributed by atoms with Crippen LogP contribution in [0.5, 0.6) is 0 Å². The topological polar surface area (TPSA) is 104 Å². The van der Waals surface area contributed by atoms with Gasteiger partial charge in [0, 0.05) is 30.3 Å². The molecular formula is C21H22F3N3O4S. The summed E-state index contributed by atoms with van der Waals surface area (Å²) in [6.45, 7) is 1.75. The van der Waals surface area contributed by atoms with Gasteiger partial charge in [-0.3, -0.25) is 9.59 Å². The quantitative estimate of drug-likeness (QED) is 0.517. The summed E-state index contributed by atoms with van der Waals surface area (Å²) in [5.41, 5.74) is -0.0195. The number of carbonyl (C=O) groups excluding carboxylic acids is 2. The molecule has 0 atom stereocenters. The first-order valence-electron chi connectivity index (χ1n) is 9.84. The monoisotopic (exact) mass is 469 g/mol. The molecule has 7 nitrogen and oxygen atoms in total. The van der Waals surface area contributed by atoms with E-state index >= 15 is 0 Å². The maximum Gasteiger partial charge on any atom is 0.416 e. The van der Waals surface area contributed by atoms with Gasteiger partial charge in [-0.15, -0.1) is 0 Å². The Bertz CT molecular complexity index is 1110. The molecule has 32 heavy (non-hydrogen) atoms. The summed E-state index contributed by atoms with van der Waals surface area (Å²) >= 11 is 0. The Balaban J connectivity index is 1.53. The highest BCUT2D eigenvalue weighted by Crippen LogP contribution is 2.29. The largest absolute Gasteiger partial charge is 0.416 e. The number of halogens is 3. The van der Waals surface area contributed by atoms with Crippen molar-refractivity contribution in [2.24, 2.45) is 0 Å². The smallest absolute Gasteiger partial charge is 0.350 e. The van der Waals surface area contributed by atoms with Gasteiger partial charge in [0.1, 0.15) is 0 Å². The van der Waals surface area contributed by atoms with Crippen molar-refractivity contribution in [1.82, 2.24) is 15.4 Å². The second-order valence-electron chi connectivity index (χ2n) is 7.46. The minimum absolute atomic E-state index is 0.00393. The Morgan fingerprint density at radius 1 is 0.969 bits per heavy atom. The summed E-state index contributed by atoms with van der Waals surface area (Å²) in [6.07, 6.45) is -2.91. The summed E-state index contributed by atoms with van der Waals surface area (Å²) in [5.74, 6) is -1.09. The average molecular weight is 469 g/mol. The zero-order chi connectivity index (χ0) is 23.5. The number of amides is 2. The molecule has 0 aliphatic heterocycles. The molecule has 0 radical (unpaired) electrons. The minimum atomic E-state index is -4.48. The molecule has 1 aliphatic rings. The fraction of sp³-hybridized carbons (Fsp3) is 0.333. The molecule has 3 N–H and O–H groups in total. The molecule has 0 aromatic heterocycles. The van der Waals surface area contributed by atoms with Crippen LogP contribution >= 0.6 is 0 Å². The van der Waals surface area contributed by atoms with Crippen molar-refractivity contribution in [2.75, 3.05) is 13.1 Å². The van der Waals surface area contributed by atoms with Gasteiger partial charge in [-0.25, -0.2) is 13.1 Å². The highest BCUT2D eigenvalue weighted by atomic mass is 32.2. The molecule has 1 fully saturated rings. The van der Waals surface area contributed by atoms with Crippen molar-refractivity contribution in [3.05, 3.63) is 64.7 Å². The first-order valence-corrected chi connectivity index (χ1v) is 11.3. The van der Waals surface area contributed by atoms with Crippen LogP contribution in [0.15, 0.2) is 47.4 Å². The zero-order valence-corrected chi connectivity index (χ0v) is 17.9. The molecule has 0 spiro atoms. The summed E-state index contributed by atoms with van der Waals surface area (Å²) in [7, 11) is -3.71. The van der Waals surface area contributed by atoms with E-state index in [4.69, 9.17) is 0 Å². The van der Waals surface area contributed by atoms with Crippen molar-refractivity contribution in [1.29, 1.82) is 0 Å². The fourth-order valence-corrected chi connectivity index (χ4v) is 4.19. The molecule has 1 aliphatic carbocycles. The van der Waals surface area contributed by atoms with Crippen LogP contribution in [0.4, 0.5) is 13.2 Å². The molecule has 11 heteroatoms. The van der Waals surface area contributed by atoms with E-state index < -0.39 is 33.6 Å². The number of carbonyl (C=O) groups is 2. The SMILES string of the molecule is Cc1ccc(S(=O)(=O)NC2CC2)cc1C(=O)NCCNC(=O)c1ccc(C(F)(F)F)cc1. The molecular weight excluding hydrogens is 447 g/mol. The Hall–Kier alpha value is -2.92. The molecule has 2 amide bonds. The van der Waals surface area contributed by atoms with Gasteiger partial charge in [-0.1, -0.05) is 6.07 Å². The van der Waals surface area contributed by atoms with Gasteiger partial charge >= 0.3 is 6.18 Å². The molecule has 0 unspecified atom stereocenters. The van der Waals surface area contributed by atoms with Crippen LogP contribution in [-0.2, 0) is 16.2 Å². The van der Waals surface area contributed by atoms with Crippen molar-refractivity contribution in [2.45, 2.75) is 36.9 Å². The summed E-state index contributed by atoms with van der Waals surface area (Å²) < 4.78 is 65.0. The molecule has 0 heterocycles. The number of hydrogen-bond acceptors (Lipinski definition) is 4. The van der Waals surface area contributed by atoms with Gasteiger partial charge in [0.25, 0.3) is 11.8 Å². The van der Waals surface area contributed by atoms with Crippen molar-refractivity contribution in [3.63, 3.8) is 0 Å². The van der Waals surface area contributed by atoms with Crippen LogP contribution in [-0.4, -0.2) is 39.4 Å². The summed E-state index contributed by atoms with van der Waals surface area (Å²) in [4.78, 5) is 24.5. The number of sulfonamides is 1. The van der Waals surface area contributed by atoms with Gasteiger partial charge in [0.15, 0.2) is 0 Å². The Morgan fingerprint density at radius 2 is 1.56 bits per heavy atom. The van der Waals surface area contributed by atoms with Crippen LogP contribution in [0.2, 0.25) is 0 Å². The molecule has 2 aromatic carbocycles. The maximum absolute atomic E-state index is 12.6. The molecule has 0 saturated heterocycles. The Kier molecular flexibility index (Phi) is 6.89. The van der Waals surface area contributed by atoms with Crippen LogP contribution in [0.25, 0.3) is 0 Å². The van der Waals surface area contributed by atoms with Crippen molar-refractivity contribution in [3.8, 4) is 0 Å². The van der Waals surface area contributed by atoms with E-state index in [9.17, 15) is 31.2 Å². The molecule has 2 aromatic rings.